The molecule has 0 aliphatic rings. The Balaban J connectivity index is 2.92. The molecular weight excluding hydrogens is 256 g/mol. The lowest BCUT2D eigenvalue weighted by Crippen LogP contribution is -2.28. The van der Waals surface area contributed by atoms with Crippen molar-refractivity contribution in [2.24, 2.45) is 11.8 Å². The number of nitrogens with one attached hydrogen (secondary N) is 1. The highest BCUT2D eigenvalue weighted by molar-refractivity contribution is 5.55. The number of anilines is 1. The Labute approximate surface area is 120 Å². The number of nitrogens with two attached hydrogens (primary N) is 1. The third-order valence-corrected chi connectivity index (χ3v) is 3.56. The molecule has 0 aliphatic heterocycles. The van der Waals surface area contributed by atoms with Crippen LogP contribution in [-0.2, 0) is 6.54 Å². The standard InChI is InChI=1S/C14H24N4O2/c1-4-11(3)9-17(5-2)10-12-8-13(18(19)20)6-7-14(12)16-15/h6-8,11,16H,4-5,9-10,15H2,1-3H3. The highest BCUT2D eigenvalue weighted by atomic mass is 16.6. The van der Waals surface area contributed by atoms with Gasteiger partial charge in [-0.1, -0.05) is 27.2 Å². The number of nitrogens with zero attached hydrogens (tertiary/aromatic N) is 2. The summed E-state index contributed by atoms with van der Waals surface area (Å²) in [7, 11) is 0. The van der Waals surface area contributed by atoms with Crippen LogP contribution in [0.5, 0.6) is 0 Å². The van der Waals surface area contributed by atoms with E-state index in [0.717, 1.165) is 30.8 Å². The minimum Gasteiger partial charge on any atom is -0.324 e. The van der Waals surface area contributed by atoms with Gasteiger partial charge in [0.1, 0.15) is 0 Å². The third kappa shape index (κ3) is 4.47. The van der Waals surface area contributed by atoms with Crippen LogP contribution >= 0.6 is 0 Å². The fourth-order valence-corrected chi connectivity index (χ4v) is 2.08. The molecule has 0 spiro atoms. The summed E-state index contributed by atoms with van der Waals surface area (Å²) in [4.78, 5) is 12.8. The van der Waals surface area contributed by atoms with Crippen molar-refractivity contribution < 1.29 is 4.92 Å². The van der Waals surface area contributed by atoms with Crippen LogP contribution in [0.15, 0.2) is 18.2 Å². The van der Waals surface area contributed by atoms with Crippen molar-refractivity contribution >= 4 is 11.4 Å². The summed E-state index contributed by atoms with van der Waals surface area (Å²) in [6.45, 7) is 8.99. The Bertz CT molecular complexity index is 451. The van der Waals surface area contributed by atoms with E-state index in [9.17, 15) is 10.1 Å². The summed E-state index contributed by atoms with van der Waals surface area (Å²) in [5.74, 6) is 6.08. The summed E-state index contributed by atoms with van der Waals surface area (Å²) in [5.41, 5.74) is 4.29. The zero-order chi connectivity index (χ0) is 15.1. The first-order valence-electron chi connectivity index (χ1n) is 6.98. The number of non-ortho nitro benzene ring substituents is 1. The first-order valence-corrected chi connectivity index (χ1v) is 6.98. The topological polar surface area (TPSA) is 84.4 Å². The number of nitro groups is 1. The van der Waals surface area contributed by atoms with Gasteiger partial charge in [0.15, 0.2) is 0 Å². The maximum Gasteiger partial charge on any atom is 0.269 e. The molecule has 1 atom stereocenters. The summed E-state index contributed by atoms with van der Waals surface area (Å²) >= 11 is 0. The number of nitrogen functional groups attached to an aromatic ring is 1. The van der Waals surface area contributed by atoms with Gasteiger partial charge in [-0.3, -0.25) is 20.9 Å². The van der Waals surface area contributed by atoms with Crippen molar-refractivity contribution in [2.45, 2.75) is 33.7 Å². The average molecular weight is 280 g/mol. The Morgan fingerprint density at radius 2 is 2.15 bits per heavy atom. The van der Waals surface area contributed by atoms with Crippen LogP contribution in [0.25, 0.3) is 0 Å². The van der Waals surface area contributed by atoms with E-state index in [1.165, 1.54) is 6.07 Å². The van der Waals surface area contributed by atoms with Gasteiger partial charge >= 0.3 is 0 Å². The molecule has 0 aliphatic carbocycles. The van der Waals surface area contributed by atoms with Crippen LogP contribution < -0.4 is 11.3 Å². The molecule has 1 unspecified atom stereocenters. The second-order valence-corrected chi connectivity index (χ2v) is 5.08. The van der Waals surface area contributed by atoms with Crippen molar-refractivity contribution in [3.63, 3.8) is 0 Å². The van der Waals surface area contributed by atoms with E-state index in [1.807, 2.05) is 0 Å². The van der Waals surface area contributed by atoms with E-state index < -0.39 is 0 Å². The Hall–Kier alpha value is -1.66. The first-order chi connectivity index (χ1) is 9.51. The average Bonchev–Trinajstić information content (AvgIpc) is 2.45. The minimum atomic E-state index is -0.380. The molecule has 0 amide bonds. The SMILES string of the molecule is CCC(C)CN(CC)Cc1cc([N+](=O)[O-])ccc1NN. The van der Waals surface area contributed by atoms with Gasteiger partial charge in [0, 0.05) is 25.2 Å². The lowest BCUT2D eigenvalue weighted by atomic mass is 10.1. The van der Waals surface area contributed by atoms with Crippen LogP contribution in [0, 0.1) is 16.0 Å². The van der Waals surface area contributed by atoms with E-state index in [1.54, 1.807) is 12.1 Å². The van der Waals surface area contributed by atoms with Crippen LogP contribution in [-0.4, -0.2) is 22.9 Å². The molecule has 0 fully saturated rings. The molecule has 112 valence electrons. The van der Waals surface area contributed by atoms with Crippen molar-refractivity contribution in [3.8, 4) is 0 Å². The zero-order valence-electron chi connectivity index (χ0n) is 12.4. The molecule has 0 saturated heterocycles. The van der Waals surface area contributed by atoms with E-state index in [0.29, 0.717) is 12.5 Å². The summed E-state index contributed by atoms with van der Waals surface area (Å²) in [5, 5.41) is 10.9. The molecule has 0 saturated carbocycles. The fourth-order valence-electron chi connectivity index (χ4n) is 2.08. The molecular formula is C14H24N4O2. The Kier molecular flexibility index (Phi) is 6.41. The molecule has 0 aromatic heterocycles. The summed E-state index contributed by atoms with van der Waals surface area (Å²) in [6, 6.07) is 4.71. The molecule has 0 radical (unpaired) electrons. The van der Waals surface area contributed by atoms with Crippen LogP contribution in [0.1, 0.15) is 32.8 Å². The van der Waals surface area contributed by atoms with E-state index in [4.69, 9.17) is 5.84 Å². The molecule has 0 heterocycles. The molecule has 3 N–H and O–H groups in total. The maximum atomic E-state index is 10.9. The number of hydrogen-bond donors (Lipinski definition) is 2. The second kappa shape index (κ2) is 7.81. The van der Waals surface area contributed by atoms with Gasteiger partial charge in [-0.05, 0) is 24.1 Å². The van der Waals surface area contributed by atoms with Crippen LogP contribution in [0.3, 0.4) is 0 Å². The second-order valence-electron chi connectivity index (χ2n) is 5.08. The Morgan fingerprint density at radius 3 is 2.65 bits per heavy atom. The van der Waals surface area contributed by atoms with E-state index >= 15 is 0 Å². The molecule has 20 heavy (non-hydrogen) atoms. The minimum absolute atomic E-state index is 0.0959. The predicted molar refractivity (Wildman–Crippen MR) is 81.3 cm³/mol. The molecule has 6 heteroatoms. The van der Waals surface area contributed by atoms with E-state index in [2.05, 4.69) is 31.1 Å². The maximum absolute atomic E-state index is 10.9. The van der Waals surface area contributed by atoms with Crippen LogP contribution in [0.2, 0.25) is 0 Å². The van der Waals surface area contributed by atoms with Crippen molar-refractivity contribution in [1.82, 2.24) is 4.90 Å². The molecule has 1 rings (SSSR count). The van der Waals surface area contributed by atoms with Gasteiger partial charge in [-0.2, -0.15) is 0 Å². The van der Waals surface area contributed by atoms with Gasteiger partial charge in [0.05, 0.1) is 10.6 Å². The number of rotatable bonds is 8. The molecule has 0 bridgehead atoms. The van der Waals surface area contributed by atoms with E-state index in [-0.39, 0.29) is 10.6 Å². The smallest absolute Gasteiger partial charge is 0.269 e. The third-order valence-electron chi connectivity index (χ3n) is 3.56. The number of benzene rings is 1. The van der Waals surface area contributed by atoms with Gasteiger partial charge in [-0.15, -0.1) is 0 Å². The molecule has 6 nitrogen and oxygen atoms in total. The van der Waals surface area contributed by atoms with Gasteiger partial charge in [0.2, 0.25) is 0 Å². The quantitative estimate of drug-likeness (QED) is 0.434. The number of hydrazine groups is 1. The van der Waals surface area contributed by atoms with Crippen molar-refractivity contribution in [1.29, 1.82) is 0 Å². The number of hydrogen-bond acceptors (Lipinski definition) is 5. The lowest BCUT2D eigenvalue weighted by Gasteiger charge is -2.24. The fraction of sp³-hybridized carbons (Fsp3) is 0.571. The molecule has 1 aromatic carbocycles. The Morgan fingerprint density at radius 1 is 1.45 bits per heavy atom. The normalized spacial score (nSPS) is 12.4. The van der Waals surface area contributed by atoms with Gasteiger partial charge in [-0.25, -0.2) is 0 Å². The number of nitro benzene ring substituents is 1. The summed E-state index contributed by atoms with van der Waals surface area (Å²) < 4.78 is 0. The first kappa shape index (κ1) is 16.4. The van der Waals surface area contributed by atoms with Crippen LogP contribution in [0.4, 0.5) is 11.4 Å². The zero-order valence-corrected chi connectivity index (χ0v) is 12.4. The monoisotopic (exact) mass is 280 g/mol. The van der Waals surface area contributed by atoms with Gasteiger partial charge in [0.25, 0.3) is 5.69 Å². The lowest BCUT2D eigenvalue weighted by molar-refractivity contribution is -0.384. The van der Waals surface area contributed by atoms with Crippen molar-refractivity contribution in [2.75, 3.05) is 18.5 Å². The van der Waals surface area contributed by atoms with Crippen molar-refractivity contribution in [3.05, 3.63) is 33.9 Å². The largest absolute Gasteiger partial charge is 0.324 e. The van der Waals surface area contributed by atoms with Gasteiger partial charge < -0.3 is 5.43 Å². The highest BCUT2D eigenvalue weighted by Crippen LogP contribution is 2.23. The molecule has 1 aromatic rings. The predicted octanol–water partition coefficient (Wildman–Crippen LogP) is 2.75. The highest BCUT2D eigenvalue weighted by Gasteiger charge is 2.14. The summed E-state index contributed by atoms with van der Waals surface area (Å²) in [6.07, 6.45) is 1.12.